The molecule has 0 aliphatic rings. The first-order chi connectivity index (χ1) is 71.3. The van der Waals surface area contributed by atoms with Crippen LogP contribution in [0.25, 0.3) is 116 Å². The van der Waals surface area contributed by atoms with Gasteiger partial charge in [0.05, 0.1) is 53.3 Å². The van der Waals surface area contributed by atoms with Crippen molar-refractivity contribution in [2.45, 2.75) is 158 Å². The largest absolute Gasteiger partial charge is 0.433 e. The zero-order valence-corrected chi connectivity index (χ0v) is 86.1. The Bertz CT molecular complexity index is 8240. The number of terminal acetylenes is 1. The first-order valence-electron chi connectivity index (χ1n) is 50.5. The van der Waals surface area contributed by atoms with Crippen LogP contribution in [-0.4, -0.2) is 58.6 Å². The molecule has 5 aromatic heterocycles. The predicted octanol–water partition coefficient (Wildman–Crippen LogP) is 34.4. The van der Waals surface area contributed by atoms with Gasteiger partial charge < -0.3 is 10.1 Å². The number of ether oxygens (including phenoxy) is 1. The van der Waals surface area contributed by atoms with E-state index in [1.165, 1.54) is 74.8 Å². The van der Waals surface area contributed by atoms with Gasteiger partial charge in [0, 0.05) is 105 Å². The Balaban J connectivity index is 0.000000132. The molecule has 15 heteroatoms. The number of aromatic nitrogens is 5. The highest BCUT2D eigenvalue weighted by Gasteiger charge is 2.27. The van der Waals surface area contributed by atoms with Gasteiger partial charge in [0.2, 0.25) is 23.6 Å². The number of benzene rings is 15. The van der Waals surface area contributed by atoms with Gasteiger partial charge >= 0.3 is 12.1 Å². The number of allylic oxidation sites excluding steroid dienone is 1. The zero-order chi connectivity index (χ0) is 105. The van der Waals surface area contributed by atoms with Crippen LogP contribution in [0.5, 0.6) is 5.75 Å². The van der Waals surface area contributed by atoms with Crippen LogP contribution in [0.4, 0.5) is 23.7 Å². The fraction of sp³-hybridized carbons (Fsp3) is 0.180. The van der Waals surface area contributed by atoms with E-state index >= 15 is 0 Å². The van der Waals surface area contributed by atoms with Crippen LogP contribution in [0.15, 0.2) is 402 Å². The van der Waals surface area contributed by atoms with Gasteiger partial charge in [0.1, 0.15) is 11.6 Å². The lowest BCUT2D eigenvalue weighted by Crippen LogP contribution is -2.19. The second kappa shape index (κ2) is 46.8. The number of anilines is 1. The number of para-hydroxylation sites is 5. The normalized spacial score (nSPS) is 11.3. The van der Waals surface area contributed by atoms with Crippen molar-refractivity contribution >= 4 is 95.4 Å². The lowest BCUT2D eigenvalue weighted by molar-refractivity contribution is -0.158. The number of carbonyl (C=O) groups excluding carboxylic acids is 5. The van der Waals surface area contributed by atoms with Crippen LogP contribution in [0.3, 0.4) is 0 Å². The number of fused-ring (bicyclic) bond motifs is 5. The zero-order valence-electron chi connectivity index (χ0n) is 86.1. The van der Waals surface area contributed by atoms with Crippen molar-refractivity contribution < 1.29 is 41.9 Å². The molecule has 1 N–H and O–H groups in total. The summed E-state index contributed by atoms with van der Waals surface area (Å²) in [5.74, 6) is 4.51. The van der Waals surface area contributed by atoms with E-state index in [0.717, 1.165) is 132 Å². The van der Waals surface area contributed by atoms with Crippen LogP contribution in [0.1, 0.15) is 199 Å². The first-order valence-corrected chi connectivity index (χ1v) is 50.5. The second-order valence-corrected chi connectivity index (χ2v) is 39.3. The fourth-order valence-electron chi connectivity index (χ4n) is 19.2. The van der Waals surface area contributed by atoms with Crippen molar-refractivity contribution in [3.8, 4) is 73.7 Å². The second-order valence-electron chi connectivity index (χ2n) is 39.3. The van der Waals surface area contributed by atoms with Crippen molar-refractivity contribution in [3.63, 3.8) is 0 Å². The number of alkyl halides is 2. The molecule has 0 aliphatic heterocycles. The molecule has 742 valence electrons. The lowest BCUT2D eigenvalue weighted by atomic mass is 9.92. The quantitative estimate of drug-likeness (QED) is 0.0635. The molecule has 20 rings (SSSR count). The molecule has 12 nitrogen and oxygen atoms in total. The summed E-state index contributed by atoms with van der Waals surface area (Å²) in [6.07, 6.45) is 13.6. The topological polar surface area (TPSA) is 131 Å². The highest BCUT2D eigenvalue weighted by Crippen LogP contribution is 2.43. The Hall–Kier alpha value is -17.0. The molecule has 5 heterocycles. The Morgan fingerprint density at radius 3 is 1.01 bits per heavy atom. The summed E-state index contributed by atoms with van der Waals surface area (Å²) in [6, 6.07) is 119. The van der Waals surface area contributed by atoms with Gasteiger partial charge in [-0.25, -0.2) is 9.18 Å². The lowest BCUT2D eigenvalue weighted by Gasteiger charge is -2.13. The molecule has 0 radical (unpaired) electrons. The van der Waals surface area contributed by atoms with E-state index in [1.54, 1.807) is 26.0 Å². The average Bonchev–Trinajstić information content (AvgIpc) is 1.63. The Morgan fingerprint density at radius 1 is 0.351 bits per heavy atom. The van der Waals surface area contributed by atoms with Crippen LogP contribution in [-0.2, 0) is 32.1 Å². The summed E-state index contributed by atoms with van der Waals surface area (Å²) >= 11 is 0. The molecule has 0 unspecified atom stereocenters. The minimum absolute atomic E-state index is 0.0216. The Labute approximate surface area is 865 Å². The van der Waals surface area contributed by atoms with Gasteiger partial charge in [-0.15, -0.1) is 12.3 Å². The van der Waals surface area contributed by atoms with Crippen LogP contribution in [0, 0.1) is 25.1 Å². The summed E-state index contributed by atoms with van der Waals surface area (Å²) in [6.45, 7) is 30.4. The first kappa shape index (κ1) is 104. The van der Waals surface area contributed by atoms with Gasteiger partial charge in [-0.1, -0.05) is 385 Å². The number of hydrogen-bond donors (Lipinski definition) is 1. The molecule has 1 amide bonds. The molecule has 0 saturated carbocycles. The third kappa shape index (κ3) is 24.3. The number of carbonyl (C=O) groups is 5. The van der Waals surface area contributed by atoms with Crippen LogP contribution < -0.4 is 10.1 Å². The maximum atomic E-state index is 14.3. The Kier molecular flexibility index (Phi) is 32.9. The summed E-state index contributed by atoms with van der Waals surface area (Å²) in [4.78, 5) is 65.8. The summed E-state index contributed by atoms with van der Waals surface area (Å²) in [5.41, 5.74) is 30.0. The number of hydrogen-bond acceptors (Lipinski definition) is 6. The Morgan fingerprint density at radius 2 is 0.662 bits per heavy atom. The van der Waals surface area contributed by atoms with E-state index in [0.29, 0.717) is 73.4 Å². The number of halogens is 3. The molecule has 0 saturated heterocycles. The van der Waals surface area contributed by atoms with Crippen molar-refractivity contribution in [2.75, 3.05) is 5.32 Å². The van der Waals surface area contributed by atoms with Crippen molar-refractivity contribution in [1.82, 2.24) is 22.8 Å². The number of amides is 1. The summed E-state index contributed by atoms with van der Waals surface area (Å²) in [7, 11) is 0. The van der Waals surface area contributed by atoms with E-state index in [4.69, 9.17) is 6.42 Å². The monoisotopic (exact) mass is 1960 g/mol. The number of aryl methyl sites for hydroxylation is 1. The van der Waals surface area contributed by atoms with E-state index < -0.39 is 6.11 Å². The third-order valence-corrected chi connectivity index (χ3v) is 26.9. The molecule has 0 aliphatic carbocycles. The van der Waals surface area contributed by atoms with E-state index in [9.17, 15) is 37.1 Å². The number of nitrogens with zero attached hydrogens (tertiary/aromatic N) is 5. The minimum atomic E-state index is -3.26. The smallest absolute Gasteiger partial charge is 0.394 e. The van der Waals surface area contributed by atoms with Crippen molar-refractivity contribution in [2.24, 2.45) is 0 Å². The molecule has 0 fully saturated rings. The van der Waals surface area contributed by atoms with Gasteiger partial charge in [-0.05, 0) is 199 Å². The van der Waals surface area contributed by atoms with Crippen molar-refractivity contribution in [3.05, 3.63) is 474 Å². The summed E-state index contributed by atoms with van der Waals surface area (Å²) in [5, 5.41) is 8.10. The average molecular weight is 1960 g/mol. The molecule has 15 aromatic carbocycles. The van der Waals surface area contributed by atoms with Gasteiger partial charge in [-0.3, -0.25) is 42.0 Å². The summed E-state index contributed by atoms with van der Waals surface area (Å²) < 4.78 is 53.3. The predicted molar refractivity (Wildman–Crippen MR) is 604 cm³/mol. The molecule has 0 bridgehead atoms. The van der Waals surface area contributed by atoms with Crippen molar-refractivity contribution in [1.29, 1.82) is 0 Å². The van der Waals surface area contributed by atoms with Crippen LogP contribution in [0.2, 0.25) is 0 Å². The molecular weight excluding hydrogens is 1830 g/mol. The number of rotatable bonds is 23. The maximum absolute atomic E-state index is 14.3. The minimum Gasteiger partial charge on any atom is -0.433 e. The van der Waals surface area contributed by atoms with E-state index in [2.05, 4.69) is 219 Å². The molecule has 0 atom stereocenters. The molecule has 20 aromatic rings. The highest BCUT2D eigenvalue weighted by atomic mass is 19.3. The van der Waals surface area contributed by atoms with Gasteiger partial charge in [0.15, 0.2) is 0 Å². The number of nitrogens with one attached hydrogen (secondary N) is 1. The maximum Gasteiger partial charge on any atom is 0.394 e. The highest BCUT2D eigenvalue weighted by molar-refractivity contribution is 6.08. The van der Waals surface area contributed by atoms with E-state index in [-0.39, 0.29) is 47.6 Å². The SMILES string of the molecule is C#CCc1ccc(CC(=O)n2cc(-c3ccccc3C(C)C)c3ccccc32)cc1.C=C(C)c1ccc(CC(=O)n2cc(-c3ccccc3C(C)C)c3ccccc32)cc1.CC(C)c1ccc(CC(=O)n2cc(-c3ccccc3C(C)C)c3ccccc32)cc1.CC(F)(F)Oc1ccc(NC(=O)n2cc(-c3ccccc3)c3ccccc32)cc1.Cc1ccc(CC(=O)n2cc(-c3ccccc3C(C)C)c3ccccc32)c(F)c1. The molecular formula is C133H123F3N6O6. The molecule has 0 spiro atoms. The van der Waals surface area contributed by atoms with Gasteiger partial charge in [-0.2, -0.15) is 8.78 Å². The van der Waals surface area contributed by atoms with Crippen LogP contribution >= 0.6 is 0 Å². The van der Waals surface area contributed by atoms with Gasteiger partial charge in [0.25, 0.3) is 0 Å². The fourth-order valence-corrected chi connectivity index (χ4v) is 19.2. The molecule has 148 heavy (non-hydrogen) atoms. The standard InChI is InChI=1S/C28H29NO.C28H27NO.C28H25NO.C26H24FNO.C23H18F2N2O2/c2*1-19(2)22-15-13-21(14-16-22)17-28(30)29-18-26(25-11-7-8-12-27(25)29)24-10-6-5-9-23(24)20(3)4;1-4-9-21-14-16-22(17-15-21)18-28(30)29-19-26(25-12-7-8-13-27(25)29)24-11-6-5-10-23(24)20(2)3;1-17(2)20-8-4-5-9-21(20)23-16-28(25-11-7-6-10-22(23)25)26(29)15-19-13-12-18(3)14-24(19)27;1-23(24,25)29-18-13-11-17(12-14-18)26-22(28)27-15-20(16-7-3-2-4-8-16)19-9-5-6-10-21(19)27/h5-16,18-20H,17H2,1-4H3;5-16,18,20H,1,17H2,2-4H3;1,5-8,10-17,19-20H,9,18H2,2-3H3;4-14,16-17H,15H2,1-3H3;2-15H,1H3,(H,26,28). The van der Waals surface area contributed by atoms with E-state index in [1.807, 2.05) is 248 Å². The third-order valence-electron chi connectivity index (χ3n) is 26.9.